The molecule has 7 nitrogen and oxygen atoms in total. The molecule has 0 aliphatic carbocycles. The van der Waals surface area contributed by atoms with Crippen LogP contribution in [0.2, 0.25) is 0 Å². The van der Waals surface area contributed by atoms with E-state index in [9.17, 15) is 14.4 Å². The highest BCUT2D eigenvalue weighted by molar-refractivity contribution is 7.98. The molecule has 0 bridgehead atoms. The van der Waals surface area contributed by atoms with Crippen LogP contribution >= 0.6 is 11.8 Å². The molecule has 0 aliphatic rings. The van der Waals surface area contributed by atoms with E-state index < -0.39 is 6.04 Å². The van der Waals surface area contributed by atoms with Gasteiger partial charge in [0.2, 0.25) is 5.91 Å². The maximum atomic E-state index is 12.8. The summed E-state index contributed by atoms with van der Waals surface area (Å²) >= 11 is 1.59. The Hall–Kier alpha value is -3.00. The van der Waals surface area contributed by atoms with Crippen molar-refractivity contribution in [3.63, 3.8) is 0 Å². The first-order chi connectivity index (χ1) is 14.0. The SMILES string of the molecule is CNC(=O)c1ccc(NC(=O)[C@@H](CCSC)NC(=O)c2ccccc2OC)cc1. The summed E-state index contributed by atoms with van der Waals surface area (Å²) in [5.74, 6) is 0.247. The molecule has 0 saturated heterocycles. The first-order valence-electron chi connectivity index (χ1n) is 9.06. The Morgan fingerprint density at radius 3 is 2.34 bits per heavy atom. The van der Waals surface area contributed by atoms with Crippen LogP contribution in [0, 0.1) is 0 Å². The summed E-state index contributed by atoms with van der Waals surface area (Å²) in [6.07, 6.45) is 2.42. The molecule has 2 aromatic carbocycles. The highest BCUT2D eigenvalue weighted by Crippen LogP contribution is 2.18. The highest BCUT2D eigenvalue weighted by Gasteiger charge is 2.23. The summed E-state index contributed by atoms with van der Waals surface area (Å²) in [4.78, 5) is 37.1. The molecule has 3 amide bonds. The number of ether oxygens (including phenoxy) is 1. The van der Waals surface area contributed by atoms with E-state index in [1.54, 1.807) is 67.3 Å². The molecule has 3 N–H and O–H groups in total. The fourth-order valence-corrected chi connectivity index (χ4v) is 3.12. The van der Waals surface area contributed by atoms with E-state index in [1.165, 1.54) is 7.11 Å². The Labute approximate surface area is 174 Å². The first kappa shape index (κ1) is 22.3. The lowest BCUT2D eigenvalue weighted by Gasteiger charge is -2.19. The van der Waals surface area contributed by atoms with Crippen molar-refractivity contribution in [2.45, 2.75) is 12.5 Å². The maximum Gasteiger partial charge on any atom is 0.255 e. The highest BCUT2D eigenvalue weighted by atomic mass is 32.2. The number of thioether (sulfide) groups is 1. The summed E-state index contributed by atoms with van der Waals surface area (Å²) in [5, 5.41) is 8.13. The van der Waals surface area contributed by atoms with Gasteiger partial charge in [-0.05, 0) is 54.8 Å². The Bertz CT molecular complexity index is 855. The lowest BCUT2D eigenvalue weighted by atomic mass is 10.1. The lowest BCUT2D eigenvalue weighted by Crippen LogP contribution is -2.44. The van der Waals surface area contributed by atoms with Crippen LogP contribution in [0.5, 0.6) is 5.75 Å². The van der Waals surface area contributed by atoms with Crippen molar-refractivity contribution >= 4 is 35.2 Å². The Balaban J connectivity index is 2.11. The molecule has 0 saturated carbocycles. The third kappa shape index (κ3) is 6.25. The lowest BCUT2D eigenvalue weighted by molar-refractivity contribution is -0.118. The number of nitrogens with one attached hydrogen (secondary N) is 3. The van der Waals surface area contributed by atoms with Crippen molar-refractivity contribution in [1.82, 2.24) is 10.6 Å². The van der Waals surface area contributed by atoms with E-state index in [0.29, 0.717) is 34.7 Å². The van der Waals surface area contributed by atoms with Crippen LogP contribution < -0.4 is 20.7 Å². The van der Waals surface area contributed by atoms with Gasteiger partial charge in [-0.2, -0.15) is 11.8 Å². The van der Waals surface area contributed by atoms with Gasteiger partial charge in [0.1, 0.15) is 11.8 Å². The summed E-state index contributed by atoms with van der Waals surface area (Å²) in [7, 11) is 3.05. The number of rotatable bonds is 9. The van der Waals surface area contributed by atoms with Crippen LogP contribution in [-0.2, 0) is 4.79 Å². The van der Waals surface area contributed by atoms with E-state index in [0.717, 1.165) is 0 Å². The zero-order chi connectivity index (χ0) is 21.2. The van der Waals surface area contributed by atoms with Gasteiger partial charge in [0.05, 0.1) is 12.7 Å². The molecule has 0 unspecified atom stereocenters. The largest absolute Gasteiger partial charge is 0.496 e. The fraction of sp³-hybridized carbons (Fsp3) is 0.286. The van der Waals surface area contributed by atoms with Gasteiger partial charge >= 0.3 is 0 Å². The topological polar surface area (TPSA) is 96.5 Å². The van der Waals surface area contributed by atoms with E-state index in [1.807, 2.05) is 6.26 Å². The summed E-state index contributed by atoms with van der Waals surface area (Å²) in [5.41, 5.74) is 1.41. The number of carbonyl (C=O) groups excluding carboxylic acids is 3. The third-order valence-corrected chi connectivity index (χ3v) is 4.87. The first-order valence-corrected chi connectivity index (χ1v) is 10.4. The van der Waals surface area contributed by atoms with E-state index >= 15 is 0 Å². The van der Waals surface area contributed by atoms with Gasteiger partial charge in [-0.15, -0.1) is 0 Å². The Morgan fingerprint density at radius 1 is 1.03 bits per heavy atom. The van der Waals surface area contributed by atoms with Crippen LogP contribution in [0.1, 0.15) is 27.1 Å². The third-order valence-electron chi connectivity index (χ3n) is 4.23. The predicted octanol–water partition coefficient (Wildman–Crippen LogP) is 2.55. The number of methoxy groups -OCH3 is 1. The number of benzene rings is 2. The molecule has 2 aromatic rings. The van der Waals surface area contributed by atoms with Crippen molar-refractivity contribution in [2.24, 2.45) is 0 Å². The number of para-hydroxylation sites is 1. The minimum Gasteiger partial charge on any atom is -0.496 e. The quantitative estimate of drug-likeness (QED) is 0.585. The van der Waals surface area contributed by atoms with Gasteiger partial charge in [-0.25, -0.2) is 0 Å². The van der Waals surface area contributed by atoms with E-state index in [2.05, 4.69) is 16.0 Å². The van der Waals surface area contributed by atoms with Gasteiger partial charge in [-0.3, -0.25) is 14.4 Å². The molecule has 2 rings (SSSR count). The number of amides is 3. The zero-order valence-corrected chi connectivity index (χ0v) is 17.5. The second-order valence-corrected chi connectivity index (χ2v) is 7.14. The molecular formula is C21H25N3O4S. The van der Waals surface area contributed by atoms with E-state index in [-0.39, 0.29) is 17.7 Å². The average Bonchev–Trinajstić information content (AvgIpc) is 2.76. The monoisotopic (exact) mass is 415 g/mol. The number of hydrogen-bond donors (Lipinski definition) is 3. The summed E-state index contributed by atoms with van der Waals surface area (Å²) < 4.78 is 5.23. The summed E-state index contributed by atoms with van der Waals surface area (Å²) in [6.45, 7) is 0. The molecule has 29 heavy (non-hydrogen) atoms. The zero-order valence-electron chi connectivity index (χ0n) is 16.7. The average molecular weight is 416 g/mol. The molecule has 154 valence electrons. The molecule has 0 spiro atoms. The van der Waals surface area contributed by atoms with E-state index in [4.69, 9.17) is 4.74 Å². The van der Waals surface area contributed by atoms with Gasteiger partial charge in [0, 0.05) is 18.3 Å². The predicted molar refractivity (Wildman–Crippen MR) is 116 cm³/mol. The number of anilines is 1. The fourth-order valence-electron chi connectivity index (χ4n) is 2.65. The van der Waals surface area contributed by atoms with Crippen LogP contribution in [0.3, 0.4) is 0 Å². The molecular weight excluding hydrogens is 390 g/mol. The van der Waals surface area contributed by atoms with Crippen LogP contribution in [-0.4, -0.2) is 49.9 Å². The second kappa shape index (κ2) is 11.1. The number of carbonyl (C=O) groups is 3. The smallest absolute Gasteiger partial charge is 0.255 e. The van der Waals surface area contributed by atoms with Gasteiger partial charge in [0.15, 0.2) is 0 Å². The summed E-state index contributed by atoms with van der Waals surface area (Å²) in [6, 6.07) is 12.7. The molecule has 0 aromatic heterocycles. The standard InChI is InChI=1S/C21H25N3O4S/c1-22-19(25)14-8-10-15(11-9-14)23-21(27)17(12-13-29-3)24-20(26)16-6-4-5-7-18(16)28-2/h4-11,17H,12-13H2,1-3H3,(H,22,25)(H,23,27)(H,24,26)/t17-/m1/s1. The molecule has 0 heterocycles. The molecule has 1 atom stereocenters. The van der Waals surface area contributed by atoms with Crippen molar-refractivity contribution in [1.29, 1.82) is 0 Å². The van der Waals surface area contributed by atoms with Gasteiger partial charge < -0.3 is 20.7 Å². The Morgan fingerprint density at radius 2 is 1.72 bits per heavy atom. The minimum absolute atomic E-state index is 0.204. The van der Waals surface area contributed by atoms with Crippen molar-refractivity contribution in [2.75, 3.05) is 31.5 Å². The van der Waals surface area contributed by atoms with Crippen molar-refractivity contribution in [3.05, 3.63) is 59.7 Å². The van der Waals surface area contributed by atoms with Gasteiger partial charge in [0.25, 0.3) is 11.8 Å². The van der Waals surface area contributed by atoms with Crippen molar-refractivity contribution < 1.29 is 19.1 Å². The van der Waals surface area contributed by atoms with Crippen LogP contribution in [0.25, 0.3) is 0 Å². The molecule has 0 aliphatic heterocycles. The maximum absolute atomic E-state index is 12.8. The van der Waals surface area contributed by atoms with Crippen molar-refractivity contribution in [3.8, 4) is 5.75 Å². The molecule has 0 fully saturated rings. The van der Waals surface area contributed by atoms with Crippen LogP contribution in [0.15, 0.2) is 48.5 Å². The van der Waals surface area contributed by atoms with Gasteiger partial charge in [-0.1, -0.05) is 12.1 Å². The van der Waals surface area contributed by atoms with Crippen LogP contribution in [0.4, 0.5) is 5.69 Å². The molecule has 0 radical (unpaired) electrons. The second-order valence-electron chi connectivity index (χ2n) is 6.15. The molecule has 8 heteroatoms. The normalized spacial score (nSPS) is 11.3. The minimum atomic E-state index is -0.710. The number of hydrogen-bond acceptors (Lipinski definition) is 5. The Kier molecular flexibility index (Phi) is 8.54.